The molecule has 0 spiro atoms. The molecule has 22 heavy (non-hydrogen) atoms. The lowest BCUT2D eigenvalue weighted by Crippen LogP contribution is -2.36. The first-order chi connectivity index (χ1) is 10.4. The Morgan fingerprint density at radius 2 is 1.68 bits per heavy atom. The van der Waals surface area contributed by atoms with Gasteiger partial charge < -0.3 is 15.4 Å². The van der Waals surface area contributed by atoms with Crippen molar-refractivity contribution in [2.75, 3.05) is 6.54 Å². The molecule has 1 atom stereocenters. The van der Waals surface area contributed by atoms with Crippen LogP contribution >= 0.6 is 0 Å². The highest BCUT2D eigenvalue weighted by Crippen LogP contribution is 2.04. The van der Waals surface area contributed by atoms with E-state index >= 15 is 0 Å². The molecule has 1 amide bonds. The molecule has 0 aliphatic rings. The van der Waals surface area contributed by atoms with Gasteiger partial charge in [0.05, 0.1) is 6.04 Å². The van der Waals surface area contributed by atoms with E-state index in [-0.39, 0.29) is 23.7 Å². The zero-order valence-corrected chi connectivity index (χ0v) is 14.5. The molecule has 5 heteroatoms. The van der Waals surface area contributed by atoms with Crippen LogP contribution in [0.2, 0.25) is 0 Å². The quantitative estimate of drug-likeness (QED) is 0.404. The zero-order chi connectivity index (χ0) is 17.0. The molecular weight excluding hydrogens is 280 g/mol. The van der Waals surface area contributed by atoms with E-state index in [1.54, 1.807) is 0 Å². The van der Waals surface area contributed by atoms with Crippen molar-refractivity contribution in [1.29, 1.82) is 0 Å². The highest BCUT2D eigenvalue weighted by atomic mass is 16.1. The summed E-state index contributed by atoms with van der Waals surface area (Å²) in [4.78, 5) is 33.9. The lowest BCUT2D eigenvalue weighted by molar-refractivity contribution is -0.123. The molecule has 0 rings (SSSR count). The van der Waals surface area contributed by atoms with E-state index in [1.807, 2.05) is 27.7 Å². The van der Waals surface area contributed by atoms with Crippen LogP contribution in [0.4, 0.5) is 0 Å². The predicted octanol–water partition coefficient (Wildman–Crippen LogP) is 2.23. The van der Waals surface area contributed by atoms with Crippen molar-refractivity contribution in [3.05, 3.63) is 0 Å². The Bertz CT molecular complexity index is 341. The summed E-state index contributed by atoms with van der Waals surface area (Å²) in [5.74, 6) is 0.266. The van der Waals surface area contributed by atoms with Gasteiger partial charge in [0.2, 0.25) is 5.91 Å². The molecule has 0 aliphatic carbocycles. The number of ketones is 1. The van der Waals surface area contributed by atoms with Gasteiger partial charge in [-0.3, -0.25) is 9.59 Å². The number of rotatable bonds is 13. The lowest BCUT2D eigenvalue weighted by atomic mass is 10.0. The molecule has 0 aromatic rings. The summed E-state index contributed by atoms with van der Waals surface area (Å²) in [6.07, 6.45) is 5.01. The summed E-state index contributed by atoms with van der Waals surface area (Å²) in [6.45, 7) is 8.41. The van der Waals surface area contributed by atoms with E-state index < -0.39 is 0 Å². The molecule has 1 unspecified atom stereocenters. The van der Waals surface area contributed by atoms with Crippen LogP contribution in [-0.2, 0) is 14.4 Å². The Labute approximate surface area is 134 Å². The van der Waals surface area contributed by atoms with Crippen molar-refractivity contribution in [3.63, 3.8) is 0 Å². The van der Waals surface area contributed by atoms with Crippen LogP contribution in [0.1, 0.15) is 66.2 Å². The fourth-order valence-electron chi connectivity index (χ4n) is 2.14. The molecule has 128 valence electrons. The fraction of sp³-hybridized carbons (Fsp3) is 0.824. The molecule has 0 radical (unpaired) electrons. The topological polar surface area (TPSA) is 75.3 Å². The molecule has 0 saturated heterocycles. The van der Waals surface area contributed by atoms with Gasteiger partial charge in [-0.05, 0) is 25.7 Å². The van der Waals surface area contributed by atoms with Gasteiger partial charge in [-0.15, -0.1) is 0 Å². The highest BCUT2D eigenvalue weighted by Gasteiger charge is 2.09. The Morgan fingerprint density at radius 1 is 1.00 bits per heavy atom. The van der Waals surface area contributed by atoms with Gasteiger partial charge in [0.1, 0.15) is 12.1 Å². The molecule has 0 heterocycles. The van der Waals surface area contributed by atoms with Gasteiger partial charge in [-0.2, -0.15) is 0 Å². The van der Waals surface area contributed by atoms with E-state index in [1.165, 1.54) is 0 Å². The van der Waals surface area contributed by atoms with Crippen LogP contribution in [0.3, 0.4) is 0 Å². The maximum Gasteiger partial charge on any atom is 0.220 e. The Hall–Kier alpha value is -1.23. The van der Waals surface area contributed by atoms with Crippen LogP contribution in [0, 0.1) is 5.92 Å². The maximum absolute atomic E-state index is 11.6. The second-order valence-corrected chi connectivity index (χ2v) is 6.38. The lowest BCUT2D eigenvalue weighted by Gasteiger charge is -2.15. The summed E-state index contributed by atoms with van der Waals surface area (Å²) in [6, 6.07) is 0.196. The summed E-state index contributed by atoms with van der Waals surface area (Å²) in [5.41, 5.74) is 0. The van der Waals surface area contributed by atoms with E-state index in [9.17, 15) is 14.4 Å². The SMILES string of the molecule is CC(C)NC(C=O)CCCCNC(=O)CCCC(=O)C(C)C. The Balaban J connectivity index is 3.60. The first-order valence-corrected chi connectivity index (χ1v) is 8.37. The Morgan fingerprint density at radius 3 is 2.23 bits per heavy atom. The van der Waals surface area contributed by atoms with Gasteiger partial charge in [0.15, 0.2) is 0 Å². The number of aldehydes is 1. The minimum absolute atomic E-state index is 0.00352. The largest absolute Gasteiger partial charge is 0.356 e. The fourth-order valence-corrected chi connectivity index (χ4v) is 2.14. The van der Waals surface area contributed by atoms with Crippen LogP contribution in [0.15, 0.2) is 0 Å². The number of hydrogen-bond donors (Lipinski definition) is 2. The highest BCUT2D eigenvalue weighted by molar-refractivity contribution is 5.81. The number of amides is 1. The number of unbranched alkanes of at least 4 members (excludes halogenated alkanes) is 1. The third-order valence-electron chi connectivity index (χ3n) is 3.45. The van der Waals surface area contributed by atoms with Crippen LogP contribution in [0.25, 0.3) is 0 Å². The van der Waals surface area contributed by atoms with E-state index in [0.717, 1.165) is 25.5 Å². The predicted molar refractivity (Wildman–Crippen MR) is 88.7 cm³/mol. The van der Waals surface area contributed by atoms with Gasteiger partial charge >= 0.3 is 0 Å². The maximum atomic E-state index is 11.6. The van der Waals surface area contributed by atoms with Crippen molar-refractivity contribution in [2.24, 2.45) is 5.92 Å². The van der Waals surface area contributed by atoms with E-state index in [0.29, 0.717) is 31.8 Å². The van der Waals surface area contributed by atoms with Gasteiger partial charge in [0.25, 0.3) is 0 Å². The van der Waals surface area contributed by atoms with Crippen LogP contribution < -0.4 is 10.6 Å². The molecule has 0 fully saturated rings. The van der Waals surface area contributed by atoms with Crippen molar-refractivity contribution in [2.45, 2.75) is 78.3 Å². The molecule has 0 saturated carbocycles. The van der Waals surface area contributed by atoms with Crippen molar-refractivity contribution in [3.8, 4) is 0 Å². The molecular formula is C17H32N2O3. The number of hydrogen-bond acceptors (Lipinski definition) is 4. The van der Waals surface area contributed by atoms with Gasteiger partial charge in [-0.25, -0.2) is 0 Å². The molecule has 0 aromatic heterocycles. The van der Waals surface area contributed by atoms with Crippen molar-refractivity contribution < 1.29 is 14.4 Å². The smallest absolute Gasteiger partial charge is 0.220 e. The number of carbonyl (C=O) groups is 3. The minimum Gasteiger partial charge on any atom is -0.356 e. The van der Waals surface area contributed by atoms with E-state index in [4.69, 9.17) is 0 Å². The van der Waals surface area contributed by atoms with Gasteiger partial charge in [0, 0.05) is 31.3 Å². The van der Waals surface area contributed by atoms with Crippen molar-refractivity contribution >= 4 is 18.0 Å². The zero-order valence-electron chi connectivity index (χ0n) is 14.5. The van der Waals surface area contributed by atoms with E-state index in [2.05, 4.69) is 10.6 Å². The van der Waals surface area contributed by atoms with Crippen molar-refractivity contribution in [1.82, 2.24) is 10.6 Å². The normalized spacial score (nSPS) is 12.5. The number of nitrogens with one attached hydrogen (secondary N) is 2. The molecule has 0 aromatic carbocycles. The summed E-state index contributed by atoms with van der Waals surface area (Å²) in [5, 5.41) is 6.05. The first-order valence-electron chi connectivity index (χ1n) is 8.37. The number of Topliss-reactive ketones (excluding diaryl/α,β-unsaturated/α-hetero) is 1. The monoisotopic (exact) mass is 312 g/mol. The first kappa shape index (κ1) is 20.8. The second kappa shape index (κ2) is 12.3. The second-order valence-electron chi connectivity index (χ2n) is 6.38. The summed E-state index contributed by atoms with van der Waals surface area (Å²) in [7, 11) is 0. The molecule has 5 nitrogen and oxygen atoms in total. The average Bonchev–Trinajstić information content (AvgIpc) is 2.44. The van der Waals surface area contributed by atoms with Crippen LogP contribution in [0.5, 0.6) is 0 Å². The number of carbonyl (C=O) groups excluding carboxylic acids is 3. The molecule has 0 aliphatic heterocycles. The average molecular weight is 312 g/mol. The molecule has 2 N–H and O–H groups in total. The third-order valence-corrected chi connectivity index (χ3v) is 3.45. The summed E-state index contributed by atoms with van der Waals surface area (Å²) < 4.78 is 0. The molecule has 0 bridgehead atoms. The summed E-state index contributed by atoms with van der Waals surface area (Å²) >= 11 is 0. The van der Waals surface area contributed by atoms with Crippen LogP contribution in [-0.4, -0.2) is 36.6 Å². The Kier molecular flexibility index (Phi) is 11.6. The van der Waals surface area contributed by atoms with Gasteiger partial charge in [-0.1, -0.05) is 27.7 Å². The minimum atomic E-state index is -0.0993. The third kappa shape index (κ3) is 11.4. The standard InChI is InChI=1S/C17H32N2O3/c1-13(2)16(21)9-7-10-17(22)18-11-6-5-8-15(12-20)19-14(3)4/h12-15,19H,5-11H2,1-4H3,(H,18,22).